The van der Waals surface area contributed by atoms with Crippen LogP contribution in [0.5, 0.6) is 5.75 Å². The van der Waals surface area contributed by atoms with Crippen molar-refractivity contribution in [1.29, 1.82) is 0 Å². The van der Waals surface area contributed by atoms with E-state index in [1.54, 1.807) is 18.3 Å². The lowest BCUT2D eigenvalue weighted by Crippen LogP contribution is -2.48. The Labute approximate surface area is 189 Å². The molecule has 2 aromatic carbocycles. The number of hydrogen-bond acceptors (Lipinski definition) is 5. The minimum Gasteiger partial charge on any atom is -0.487 e. The first-order valence-electron chi connectivity index (χ1n) is 11.2. The third-order valence-corrected chi connectivity index (χ3v) is 8.03. The van der Waals surface area contributed by atoms with Crippen LogP contribution >= 0.6 is 0 Å². The maximum atomic E-state index is 12.6. The quantitative estimate of drug-likeness (QED) is 0.630. The summed E-state index contributed by atoms with van der Waals surface area (Å²) in [6.07, 6.45) is 5.86. The highest BCUT2D eigenvalue weighted by atomic mass is 32.2. The first-order valence-corrected chi connectivity index (χ1v) is 13.0. The largest absolute Gasteiger partial charge is 0.487 e. The molecule has 6 heteroatoms. The molecule has 1 fully saturated rings. The summed E-state index contributed by atoms with van der Waals surface area (Å²) < 4.78 is 31.6. The molecule has 32 heavy (non-hydrogen) atoms. The van der Waals surface area contributed by atoms with E-state index in [1.165, 1.54) is 5.56 Å². The lowest BCUT2D eigenvalue weighted by Gasteiger charge is -2.41. The molecule has 0 aliphatic carbocycles. The van der Waals surface area contributed by atoms with Crippen molar-refractivity contribution in [2.24, 2.45) is 0 Å². The monoisotopic (exact) mass is 448 g/mol. The van der Waals surface area contributed by atoms with Gasteiger partial charge in [0.05, 0.1) is 17.2 Å². The van der Waals surface area contributed by atoms with E-state index in [1.807, 2.05) is 30.3 Å². The molecule has 0 unspecified atom stereocenters. The number of nitrogens with one attached hydrogen (secondary N) is 1. The van der Waals surface area contributed by atoms with E-state index >= 15 is 0 Å². The highest BCUT2D eigenvalue weighted by molar-refractivity contribution is 7.89. The molecule has 2 aliphatic heterocycles. The van der Waals surface area contributed by atoms with Crippen LogP contribution in [-0.2, 0) is 27.8 Å². The van der Waals surface area contributed by atoms with Crippen molar-refractivity contribution < 1.29 is 13.2 Å². The van der Waals surface area contributed by atoms with Crippen LogP contribution in [0.4, 0.5) is 0 Å². The van der Waals surface area contributed by atoms with Crippen LogP contribution in [0.25, 0.3) is 11.1 Å². The van der Waals surface area contributed by atoms with Gasteiger partial charge in [-0.3, -0.25) is 4.98 Å². The van der Waals surface area contributed by atoms with Crippen LogP contribution in [0.1, 0.15) is 36.1 Å². The molecule has 0 atom stereocenters. The Morgan fingerprint density at radius 2 is 1.69 bits per heavy atom. The molecule has 2 aliphatic rings. The number of benzene rings is 2. The molecule has 5 rings (SSSR count). The van der Waals surface area contributed by atoms with Crippen molar-refractivity contribution in [1.82, 2.24) is 10.3 Å². The number of hydrogen-bond donors (Lipinski definition) is 1. The van der Waals surface area contributed by atoms with Gasteiger partial charge in [-0.15, -0.1) is 0 Å². The minimum atomic E-state index is -3.27. The van der Waals surface area contributed by atoms with E-state index in [-0.39, 0.29) is 17.1 Å². The third-order valence-electron chi connectivity index (χ3n) is 6.52. The number of aryl methyl sites for hydroxylation is 1. The predicted octanol–water partition coefficient (Wildman–Crippen LogP) is 4.31. The van der Waals surface area contributed by atoms with Gasteiger partial charge in [0.1, 0.15) is 11.4 Å². The van der Waals surface area contributed by atoms with E-state index in [0.717, 1.165) is 61.2 Å². The molecule has 1 spiro atoms. The van der Waals surface area contributed by atoms with Crippen molar-refractivity contribution in [2.45, 2.75) is 42.8 Å². The zero-order valence-electron chi connectivity index (χ0n) is 18.1. The lowest BCUT2D eigenvalue weighted by molar-refractivity contribution is 0.0170. The van der Waals surface area contributed by atoms with Crippen molar-refractivity contribution in [3.05, 3.63) is 83.7 Å². The lowest BCUT2D eigenvalue weighted by atomic mass is 9.83. The summed E-state index contributed by atoms with van der Waals surface area (Å²) >= 11 is 0. The fraction of sp³-hybridized carbons (Fsp3) is 0.346. The molecule has 3 heterocycles. The molecule has 3 aromatic rings. The van der Waals surface area contributed by atoms with E-state index in [2.05, 4.69) is 28.5 Å². The minimum absolute atomic E-state index is 0.00216. The first-order chi connectivity index (χ1) is 15.5. The van der Waals surface area contributed by atoms with E-state index in [0.29, 0.717) is 5.69 Å². The normalized spacial score (nSPS) is 17.5. The molecule has 1 N–H and O–H groups in total. The summed E-state index contributed by atoms with van der Waals surface area (Å²) in [6.45, 7) is 2.05. The van der Waals surface area contributed by atoms with Crippen LogP contribution < -0.4 is 10.1 Å². The van der Waals surface area contributed by atoms with Crippen LogP contribution in [0.2, 0.25) is 0 Å². The summed E-state index contributed by atoms with van der Waals surface area (Å²) in [7, 11) is -3.27. The van der Waals surface area contributed by atoms with Crippen molar-refractivity contribution >= 4 is 9.84 Å². The Kier molecular flexibility index (Phi) is 5.74. The number of rotatable bonds is 5. The molecular formula is C26H28N2O3S. The summed E-state index contributed by atoms with van der Waals surface area (Å²) in [5.74, 6) is 0.982. The first kappa shape index (κ1) is 21.2. The number of ether oxygens (including phenoxy) is 1. The second kappa shape index (κ2) is 8.68. The predicted molar refractivity (Wildman–Crippen MR) is 126 cm³/mol. The summed E-state index contributed by atoms with van der Waals surface area (Å²) in [5, 5.41) is 3.42. The van der Waals surface area contributed by atoms with Gasteiger partial charge in [0.15, 0.2) is 9.84 Å². The standard InChI is InChI=1S/C26H28N2O3S/c29-32(30,19-24-3-1-2-14-28-24)18-20-4-6-21(7-5-20)22-8-9-25-23(17-22)10-11-26(31-25)12-15-27-16-13-26/h1-9,14,17,27H,10-13,15-16,18-19H2. The van der Waals surface area contributed by atoms with E-state index in [4.69, 9.17) is 4.74 Å². The zero-order chi connectivity index (χ0) is 22.0. The number of nitrogens with zero attached hydrogens (tertiary/aromatic N) is 1. The van der Waals surface area contributed by atoms with Crippen LogP contribution in [-0.4, -0.2) is 32.1 Å². The highest BCUT2D eigenvalue weighted by Crippen LogP contribution is 2.39. The fourth-order valence-electron chi connectivity index (χ4n) is 4.74. The summed E-state index contributed by atoms with van der Waals surface area (Å²) in [5.41, 5.74) is 4.85. The number of pyridine rings is 1. The Balaban J connectivity index is 1.28. The maximum absolute atomic E-state index is 12.6. The Bertz CT molecular complexity index is 1190. The van der Waals surface area contributed by atoms with Gasteiger partial charge in [-0.05, 0) is 85.3 Å². The van der Waals surface area contributed by atoms with Gasteiger partial charge in [0.2, 0.25) is 0 Å². The topological polar surface area (TPSA) is 68.3 Å². The fourth-order valence-corrected chi connectivity index (χ4v) is 6.17. The van der Waals surface area contributed by atoms with Crippen LogP contribution in [0.3, 0.4) is 0 Å². The van der Waals surface area contributed by atoms with Gasteiger partial charge >= 0.3 is 0 Å². The second-order valence-corrected chi connectivity index (χ2v) is 11.0. The molecule has 166 valence electrons. The van der Waals surface area contributed by atoms with Crippen molar-refractivity contribution in [3.8, 4) is 16.9 Å². The average Bonchev–Trinajstić information content (AvgIpc) is 2.80. The second-order valence-electron chi connectivity index (χ2n) is 8.91. The van der Waals surface area contributed by atoms with Crippen molar-refractivity contribution in [3.63, 3.8) is 0 Å². The van der Waals surface area contributed by atoms with Gasteiger partial charge in [-0.2, -0.15) is 0 Å². The molecule has 0 saturated carbocycles. The van der Waals surface area contributed by atoms with E-state index in [9.17, 15) is 8.42 Å². The van der Waals surface area contributed by atoms with Gasteiger partial charge in [-0.1, -0.05) is 36.4 Å². The summed E-state index contributed by atoms with van der Waals surface area (Å²) in [6, 6.07) is 19.6. The van der Waals surface area contributed by atoms with Gasteiger partial charge < -0.3 is 10.1 Å². The molecule has 1 aromatic heterocycles. The third kappa shape index (κ3) is 4.71. The maximum Gasteiger partial charge on any atom is 0.160 e. The van der Waals surface area contributed by atoms with Crippen LogP contribution in [0.15, 0.2) is 66.9 Å². The van der Waals surface area contributed by atoms with Gasteiger partial charge in [0, 0.05) is 6.20 Å². The smallest absolute Gasteiger partial charge is 0.160 e. The molecule has 1 saturated heterocycles. The van der Waals surface area contributed by atoms with Gasteiger partial charge in [-0.25, -0.2) is 8.42 Å². The van der Waals surface area contributed by atoms with Gasteiger partial charge in [0.25, 0.3) is 0 Å². The Morgan fingerprint density at radius 1 is 0.906 bits per heavy atom. The Hall–Kier alpha value is -2.70. The zero-order valence-corrected chi connectivity index (χ0v) is 18.9. The van der Waals surface area contributed by atoms with E-state index < -0.39 is 9.84 Å². The SMILES string of the molecule is O=S(=O)(Cc1ccc(-c2ccc3c(c2)CCC2(CCNCC2)O3)cc1)Cc1ccccn1. The number of fused-ring (bicyclic) bond motifs is 1. The van der Waals surface area contributed by atoms with Crippen molar-refractivity contribution in [2.75, 3.05) is 13.1 Å². The van der Waals surface area contributed by atoms with Crippen LogP contribution in [0, 0.1) is 0 Å². The molecule has 0 bridgehead atoms. The highest BCUT2D eigenvalue weighted by Gasteiger charge is 2.37. The molecule has 5 nitrogen and oxygen atoms in total. The number of aromatic nitrogens is 1. The molecule has 0 amide bonds. The number of sulfone groups is 1. The summed E-state index contributed by atoms with van der Waals surface area (Å²) in [4.78, 5) is 4.13. The Morgan fingerprint density at radius 3 is 2.44 bits per heavy atom. The molecule has 0 radical (unpaired) electrons. The number of piperidine rings is 1. The molecular weight excluding hydrogens is 420 g/mol. The average molecular weight is 449 g/mol.